The van der Waals surface area contributed by atoms with Crippen molar-refractivity contribution >= 4 is 27.9 Å². The van der Waals surface area contributed by atoms with Crippen LogP contribution in [0.5, 0.6) is 0 Å². The largest absolute Gasteiger partial charge is 0.351 e. The van der Waals surface area contributed by atoms with Crippen LogP contribution >= 0.6 is 15.9 Å². The van der Waals surface area contributed by atoms with E-state index in [-0.39, 0.29) is 10.0 Å². The molecule has 23 heavy (non-hydrogen) atoms. The van der Waals surface area contributed by atoms with Gasteiger partial charge in [-0.3, -0.25) is 4.79 Å². The Morgan fingerprint density at radius 3 is 2.65 bits per heavy atom. The summed E-state index contributed by atoms with van der Waals surface area (Å²) in [7, 11) is 0. The van der Waals surface area contributed by atoms with Crippen molar-refractivity contribution in [1.29, 1.82) is 5.26 Å². The van der Waals surface area contributed by atoms with E-state index in [0.29, 0.717) is 18.5 Å². The summed E-state index contributed by atoms with van der Waals surface area (Å²) in [4.78, 5) is 12.0. The Bertz CT molecular complexity index is 766. The van der Waals surface area contributed by atoms with E-state index in [4.69, 9.17) is 5.26 Å². The Kier molecular flexibility index (Phi) is 6.07. The number of carbonyl (C=O) groups excluding carboxylic acids is 1. The van der Waals surface area contributed by atoms with Gasteiger partial charge in [-0.05, 0) is 51.7 Å². The molecule has 2 aromatic rings. The maximum atomic E-state index is 13.2. The molecular formula is C18H14BrFN2O. The topological polar surface area (TPSA) is 52.9 Å². The quantitative estimate of drug-likeness (QED) is 0.639. The lowest BCUT2D eigenvalue weighted by atomic mass is 10.1. The normalized spacial score (nSPS) is 10.9. The maximum Gasteiger partial charge on any atom is 0.261 e. The first kappa shape index (κ1) is 16.9. The Morgan fingerprint density at radius 1 is 1.26 bits per heavy atom. The number of amides is 1. The molecule has 0 bridgehead atoms. The standard InChI is InChI=1S/C18H14BrFN2O/c19-16-11-14(6-7-17(16)20)10-15(12-21)18(23)22-9-8-13-4-2-1-3-5-13/h1-7,10-11H,8-9H2,(H,22,23)/b15-10+. The van der Waals surface area contributed by atoms with Crippen LogP contribution in [-0.2, 0) is 11.2 Å². The van der Waals surface area contributed by atoms with Crippen LogP contribution in [0, 0.1) is 17.1 Å². The van der Waals surface area contributed by atoms with Gasteiger partial charge in [0.25, 0.3) is 5.91 Å². The fourth-order valence-electron chi connectivity index (χ4n) is 1.98. The predicted octanol–water partition coefficient (Wildman–Crippen LogP) is 3.85. The highest BCUT2D eigenvalue weighted by Gasteiger charge is 2.09. The van der Waals surface area contributed by atoms with E-state index in [2.05, 4.69) is 21.2 Å². The molecule has 5 heteroatoms. The molecule has 2 rings (SSSR count). The van der Waals surface area contributed by atoms with Gasteiger partial charge in [-0.2, -0.15) is 5.26 Å². The molecule has 1 N–H and O–H groups in total. The van der Waals surface area contributed by atoms with E-state index in [0.717, 1.165) is 5.56 Å². The van der Waals surface area contributed by atoms with Crippen LogP contribution < -0.4 is 5.32 Å². The Morgan fingerprint density at radius 2 is 2.00 bits per heavy atom. The molecule has 0 fully saturated rings. The first-order valence-electron chi connectivity index (χ1n) is 6.99. The van der Waals surface area contributed by atoms with Gasteiger partial charge in [-0.1, -0.05) is 36.4 Å². The number of rotatable bonds is 5. The SMILES string of the molecule is N#C/C(=C\c1ccc(F)c(Br)c1)C(=O)NCCc1ccccc1. The minimum Gasteiger partial charge on any atom is -0.351 e. The smallest absolute Gasteiger partial charge is 0.261 e. The Balaban J connectivity index is 1.99. The van der Waals surface area contributed by atoms with Gasteiger partial charge in [0, 0.05) is 6.54 Å². The lowest BCUT2D eigenvalue weighted by Crippen LogP contribution is -2.26. The van der Waals surface area contributed by atoms with Gasteiger partial charge in [0.15, 0.2) is 0 Å². The third-order valence-electron chi connectivity index (χ3n) is 3.16. The van der Waals surface area contributed by atoms with Gasteiger partial charge in [-0.25, -0.2) is 4.39 Å². The molecule has 3 nitrogen and oxygen atoms in total. The minimum atomic E-state index is -0.441. The zero-order valence-electron chi connectivity index (χ0n) is 12.2. The lowest BCUT2D eigenvalue weighted by molar-refractivity contribution is -0.117. The summed E-state index contributed by atoms with van der Waals surface area (Å²) >= 11 is 3.08. The zero-order chi connectivity index (χ0) is 16.7. The molecule has 1 amide bonds. The van der Waals surface area contributed by atoms with E-state index in [1.807, 2.05) is 36.4 Å². The van der Waals surface area contributed by atoms with Gasteiger partial charge in [-0.15, -0.1) is 0 Å². The van der Waals surface area contributed by atoms with Crippen molar-refractivity contribution in [2.45, 2.75) is 6.42 Å². The number of carbonyl (C=O) groups is 1. The molecular weight excluding hydrogens is 359 g/mol. The summed E-state index contributed by atoms with van der Waals surface area (Å²) in [5.74, 6) is -0.836. The van der Waals surface area contributed by atoms with Gasteiger partial charge < -0.3 is 5.32 Å². The van der Waals surface area contributed by atoms with Crippen LogP contribution in [-0.4, -0.2) is 12.5 Å². The second kappa shape index (κ2) is 8.25. The highest BCUT2D eigenvalue weighted by Crippen LogP contribution is 2.18. The number of nitriles is 1. The summed E-state index contributed by atoms with van der Waals surface area (Å²) in [6, 6.07) is 15.9. The molecule has 0 aliphatic carbocycles. The Hall–Kier alpha value is -2.45. The number of benzene rings is 2. The maximum absolute atomic E-state index is 13.2. The average Bonchev–Trinajstić information content (AvgIpc) is 2.56. The van der Waals surface area contributed by atoms with Gasteiger partial charge in [0.1, 0.15) is 17.5 Å². The summed E-state index contributed by atoms with van der Waals surface area (Å²) < 4.78 is 13.5. The van der Waals surface area contributed by atoms with Crippen molar-refractivity contribution in [3.63, 3.8) is 0 Å². The number of nitrogens with zero attached hydrogens (tertiary/aromatic N) is 1. The fraction of sp³-hybridized carbons (Fsp3) is 0.111. The van der Waals surface area contributed by atoms with Crippen molar-refractivity contribution in [2.24, 2.45) is 0 Å². The molecule has 0 unspecified atom stereocenters. The first-order chi connectivity index (χ1) is 11.1. The van der Waals surface area contributed by atoms with E-state index < -0.39 is 11.7 Å². The van der Waals surface area contributed by atoms with Crippen molar-refractivity contribution in [1.82, 2.24) is 5.32 Å². The second-order valence-corrected chi connectivity index (χ2v) is 5.69. The number of hydrogen-bond donors (Lipinski definition) is 1. The second-order valence-electron chi connectivity index (χ2n) is 4.83. The minimum absolute atomic E-state index is 0.0171. The molecule has 0 aromatic heterocycles. The number of nitrogens with one attached hydrogen (secondary N) is 1. The molecule has 116 valence electrons. The third-order valence-corrected chi connectivity index (χ3v) is 3.77. The lowest BCUT2D eigenvalue weighted by Gasteiger charge is -2.05. The van der Waals surface area contributed by atoms with E-state index in [9.17, 15) is 9.18 Å². The van der Waals surface area contributed by atoms with Gasteiger partial charge in [0.2, 0.25) is 0 Å². The van der Waals surface area contributed by atoms with Crippen LogP contribution in [0.2, 0.25) is 0 Å². The molecule has 0 aliphatic heterocycles. The molecule has 0 heterocycles. The Labute approximate surface area is 142 Å². The highest BCUT2D eigenvalue weighted by atomic mass is 79.9. The van der Waals surface area contributed by atoms with Crippen molar-refractivity contribution in [3.05, 3.63) is 75.5 Å². The van der Waals surface area contributed by atoms with Crippen molar-refractivity contribution in [2.75, 3.05) is 6.54 Å². The molecule has 0 saturated carbocycles. The van der Waals surface area contributed by atoms with Crippen LogP contribution in [0.4, 0.5) is 4.39 Å². The van der Waals surface area contributed by atoms with Crippen LogP contribution in [0.15, 0.2) is 58.6 Å². The summed E-state index contributed by atoms with van der Waals surface area (Å²) in [6.07, 6.45) is 2.12. The van der Waals surface area contributed by atoms with Crippen molar-refractivity contribution in [3.8, 4) is 6.07 Å². The zero-order valence-corrected chi connectivity index (χ0v) is 13.8. The average molecular weight is 373 g/mol. The molecule has 0 aliphatic rings. The third kappa shape index (κ3) is 5.04. The van der Waals surface area contributed by atoms with Gasteiger partial charge >= 0.3 is 0 Å². The van der Waals surface area contributed by atoms with Crippen molar-refractivity contribution < 1.29 is 9.18 Å². The molecule has 0 atom stereocenters. The summed E-state index contributed by atoms with van der Waals surface area (Å²) in [5, 5.41) is 11.8. The van der Waals surface area contributed by atoms with Gasteiger partial charge in [0.05, 0.1) is 4.47 Å². The van der Waals surface area contributed by atoms with Crippen LogP contribution in [0.1, 0.15) is 11.1 Å². The number of halogens is 2. The molecule has 0 spiro atoms. The molecule has 0 saturated heterocycles. The summed E-state index contributed by atoms with van der Waals surface area (Å²) in [6.45, 7) is 0.439. The predicted molar refractivity (Wildman–Crippen MR) is 90.8 cm³/mol. The van der Waals surface area contributed by atoms with Crippen LogP contribution in [0.3, 0.4) is 0 Å². The number of hydrogen-bond acceptors (Lipinski definition) is 2. The van der Waals surface area contributed by atoms with Crippen LogP contribution in [0.25, 0.3) is 6.08 Å². The van der Waals surface area contributed by atoms with E-state index in [1.54, 1.807) is 0 Å². The fourth-order valence-corrected chi connectivity index (χ4v) is 2.37. The first-order valence-corrected chi connectivity index (χ1v) is 7.78. The monoisotopic (exact) mass is 372 g/mol. The molecule has 0 radical (unpaired) electrons. The van der Waals surface area contributed by atoms with E-state index in [1.165, 1.54) is 24.3 Å². The summed E-state index contributed by atoms with van der Waals surface area (Å²) in [5.41, 5.74) is 1.67. The molecule has 2 aromatic carbocycles. The highest BCUT2D eigenvalue weighted by molar-refractivity contribution is 9.10. The van der Waals surface area contributed by atoms with E-state index >= 15 is 0 Å².